The SMILES string of the molecule is CCCCOc1ccc(CCC(=O)N2CCN(c3ccc(O)cn3)CC2)cc1. The Labute approximate surface area is 166 Å². The van der Waals surface area contributed by atoms with Gasteiger partial charge in [-0.3, -0.25) is 4.79 Å². The molecule has 2 heterocycles. The molecule has 1 aromatic heterocycles. The number of unbranched alkanes of at least 4 members (excludes halogenated alkanes) is 1. The molecule has 0 bridgehead atoms. The highest BCUT2D eigenvalue weighted by atomic mass is 16.5. The molecule has 6 heteroatoms. The van der Waals surface area contributed by atoms with Gasteiger partial charge in [0, 0.05) is 32.6 Å². The number of pyridine rings is 1. The Morgan fingerprint density at radius 3 is 2.50 bits per heavy atom. The zero-order chi connectivity index (χ0) is 19.8. The predicted octanol–water partition coefficient (Wildman–Crippen LogP) is 3.25. The van der Waals surface area contributed by atoms with Gasteiger partial charge in [0.2, 0.25) is 5.91 Å². The molecule has 0 spiro atoms. The van der Waals surface area contributed by atoms with E-state index in [0.717, 1.165) is 56.1 Å². The monoisotopic (exact) mass is 383 g/mol. The average Bonchev–Trinajstić information content (AvgIpc) is 2.74. The standard InChI is InChI=1S/C22H29N3O3/c1-2-3-16-28-20-8-4-18(5-9-20)6-11-22(27)25-14-12-24(13-15-25)21-10-7-19(26)17-23-21/h4-5,7-10,17,26H,2-3,6,11-16H2,1H3. The fourth-order valence-corrected chi connectivity index (χ4v) is 3.25. The Morgan fingerprint density at radius 1 is 1.11 bits per heavy atom. The summed E-state index contributed by atoms with van der Waals surface area (Å²) < 4.78 is 5.68. The first kappa shape index (κ1) is 20.0. The lowest BCUT2D eigenvalue weighted by Crippen LogP contribution is -2.49. The molecule has 1 aliphatic heterocycles. The fraction of sp³-hybridized carbons (Fsp3) is 0.455. The summed E-state index contributed by atoms with van der Waals surface area (Å²) in [4.78, 5) is 20.8. The molecule has 0 aliphatic carbocycles. The molecule has 6 nitrogen and oxygen atoms in total. The lowest BCUT2D eigenvalue weighted by molar-refractivity contribution is -0.131. The first-order valence-corrected chi connectivity index (χ1v) is 10.0. The molecule has 0 unspecified atom stereocenters. The van der Waals surface area contributed by atoms with Crippen molar-refractivity contribution < 1.29 is 14.6 Å². The van der Waals surface area contributed by atoms with Gasteiger partial charge in [0.1, 0.15) is 17.3 Å². The van der Waals surface area contributed by atoms with Crippen LogP contribution in [0.5, 0.6) is 11.5 Å². The Bertz CT molecular complexity index is 739. The molecular formula is C22H29N3O3. The van der Waals surface area contributed by atoms with Crippen LogP contribution < -0.4 is 9.64 Å². The summed E-state index contributed by atoms with van der Waals surface area (Å²) in [6, 6.07) is 11.5. The van der Waals surface area contributed by atoms with Crippen molar-refractivity contribution in [1.29, 1.82) is 0 Å². The van der Waals surface area contributed by atoms with E-state index < -0.39 is 0 Å². The number of aromatic hydroxyl groups is 1. The number of benzene rings is 1. The Kier molecular flexibility index (Phi) is 7.12. The van der Waals surface area contributed by atoms with Crippen LogP contribution in [-0.2, 0) is 11.2 Å². The number of nitrogens with zero attached hydrogens (tertiary/aromatic N) is 3. The molecule has 0 atom stereocenters. The Balaban J connectivity index is 1.41. The molecule has 0 saturated carbocycles. The van der Waals surface area contributed by atoms with Crippen molar-refractivity contribution in [1.82, 2.24) is 9.88 Å². The molecule has 1 fully saturated rings. The number of ether oxygens (including phenoxy) is 1. The molecule has 2 aromatic rings. The van der Waals surface area contributed by atoms with E-state index in [9.17, 15) is 9.90 Å². The Hall–Kier alpha value is -2.76. The molecule has 1 amide bonds. The number of aryl methyl sites for hydroxylation is 1. The van der Waals surface area contributed by atoms with Gasteiger partial charge >= 0.3 is 0 Å². The van der Waals surface area contributed by atoms with Crippen molar-refractivity contribution in [2.45, 2.75) is 32.6 Å². The van der Waals surface area contributed by atoms with Crippen LogP contribution in [0.3, 0.4) is 0 Å². The van der Waals surface area contributed by atoms with E-state index >= 15 is 0 Å². The van der Waals surface area contributed by atoms with E-state index in [1.54, 1.807) is 6.07 Å². The molecule has 3 rings (SSSR count). The zero-order valence-corrected chi connectivity index (χ0v) is 16.5. The molecule has 1 aliphatic rings. The molecule has 1 saturated heterocycles. The van der Waals surface area contributed by atoms with Crippen LogP contribution in [0.15, 0.2) is 42.6 Å². The number of amides is 1. The largest absolute Gasteiger partial charge is 0.506 e. The van der Waals surface area contributed by atoms with Crippen LogP contribution in [0, 0.1) is 0 Å². The van der Waals surface area contributed by atoms with Crippen molar-refractivity contribution in [3.63, 3.8) is 0 Å². The van der Waals surface area contributed by atoms with Gasteiger partial charge in [-0.2, -0.15) is 0 Å². The minimum atomic E-state index is 0.165. The number of carbonyl (C=O) groups is 1. The molecular weight excluding hydrogens is 354 g/mol. The number of carbonyl (C=O) groups excluding carboxylic acids is 1. The minimum absolute atomic E-state index is 0.165. The van der Waals surface area contributed by atoms with Crippen LogP contribution in [0.4, 0.5) is 5.82 Å². The van der Waals surface area contributed by atoms with Crippen molar-refractivity contribution in [2.24, 2.45) is 0 Å². The third kappa shape index (κ3) is 5.62. The maximum atomic E-state index is 12.5. The second-order valence-corrected chi connectivity index (χ2v) is 7.09. The molecule has 28 heavy (non-hydrogen) atoms. The van der Waals surface area contributed by atoms with E-state index in [-0.39, 0.29) is 11.7 Å². The smallest absolute Gasteiger partial charge is 0.223 e. The van der Waals surface area contributed by atoms with Crippen molar-refractivity contribution in [3.05, 3.63) is 48.2 Å². The van der Waals surface area contributed by atoms with Gasteiger partial charge in [0.25, 0.3) is 0 Å². The second-order valence-electron chi connectivity index (χ2n) is 7.09. The zero-order valence-electron chi connectivity index (χ0n) is 16.5. The third-order valence-corrected chi connectivity index (χ3v) is 5.01. The Morgan fingerprint density at radius 2 is 1.86 bits per heavy atom. The summed E-state index contributed by atoms with van der Waals surface area (Å²) in [5.74, 6) is 2.09. The maximum Gasteiger partial charge on any atom is 0.223 e. The predicted molar refractivity (Wildman–Crippen MR) is 110 cm³/mol. The van der Waals surface area contributed by atoms with Gasteiger partial charge < -0.3 is 19.6 Å². The number of piperazine rings is 1. The van der Waals surface area contributed by atoms with Gasteiger partial charge in [-0.15, -0.1) is 0 Å². The summed E-state index contributed by atoms with van der Waals surface area (Å²) >= 11 is 0. The quantitative estimate of drug-likeness (QED) is 0.709. The topological polar surface area (TPSA) is 65.9 Å². The third-order valence-electron chi connectivity index (χ3n) is 5.01. The van der Waals surface area contributed by atoms with Gasteiger partial charge in [-0.25, -0.2) is 4.98 Å². The van der Waals surface area contributed by atoms with Crippen LogP contribution in [0.25, 0.3) is 0 Å². The second kappa shape index (κ2) is 9.97. The number of hydrogen-bond acceptors (Lipinski definition) is 5. The highest BCUT2D eigenvalue weighted by Crippen LogP contribution is 2.18. The normalized spacial score (nSPS) is 14.2. The molecule has 1 N–H and O–H groups in total. The van der Waals surface area contributed by atoms with E-state index in [2.05, 4.69) is 16.8 Å². The summed E-state index contributed by atoms with van der Waals surface area (Å²) in [7, 11) is 0. The lowest BCUT2D eigenvalue weighted by atomic mass is 10.1. The first-order chi connectivity index (χ1) is 13.7. The summed E-state index contributed by atoms with van der Waals surface area (Å²) in [5, 5.41) is 9.35. The van der Waals surface area contributed by atoms with E-state index in [4.69, 9.17) is 4.74 Å². The average molecular weight is 383 g/mol. The van der Waals surface area contributed by atoms with Crippen molar-refractivity contribution in [3.8, 4) is 11.5 Å². The highest BCUT2D eigenvalue weighted by molar-refractivity contribution is 5.76. The van der Waals surface area contributed by atoms with Crippen molar-refractivity contribution in [2.75, 3.05) is 37.7 Å². The molecule has 1 aromatic carbocycles. The molecule has 150 valence electrons. The fourth-order valence-electron chi connectivity index (χ4n) is 3.25. The lowest BCUT2D eigenvalue weighted by Gasteiger charge is -2.35. The van der Waals surface area contributed by atoms with Crippen molar-refractivity contribution >= 4 is 11.7 Å². The minimum Gasteiger partial charge on any atom is -0.506 e. The first-order valence-electron chi connectivity index (χ1n) is 10.0. The van der Waals surface area contributed by atoms with Crippen LogP contribution >= 0.6 is 0 Å². The summed E-state index contributed by atoms with van der Waals surface area (Å²) in [5.41, 5.74) is 1.16. The summed E-state index contributed by atoms with van der Waals surface area (Å²) in [6.07, 6.45) is 4.90. The number of anilines is 1. The highest BCUT2D eigenvalue weighted by Gasteiger charge is 2.21. The van der Waals surface area contributed by atoms with Gasteiger partial charge in [-0.1, -0.05) is 25.5 Å². The van der Waals surface area contributed by atoms with E-state index in [0.29, 0.717) is 19.5 Å². The van der Waals surface area contributed by atoms with Crippen LogP contribution in [-0.4, -0.2) is 53.7 Å². The number of aromatic nitrogens is 1. The van der Waals surface area contributed by atoms with E-state index in [1.165, 1.54) is 6.20 Å². The van der Waals surface area contributed by atoms with Crippen LogP contribution in [0.1, 0.15) is 31.7 Å². The number of rotatable bonds is 8. The maximum absolute atomic E-state index is 12.5. The number of hydrogen-bond donors (Lipinski definition) is 1. The van der Waals surface area contributed by atoms with E-state index in [1.807, 2.05) is 35.2 Å². The summed E-state index contributed by atoms with van der Waals surface area (Å²) in [6.45, 7) is 5.81. The molecule has 0 radical (unpaired) electrons. The van der Waals surface area contributed by atoms with Crippen LogP contribution in [0.2, 0.25) is 0 Å². The van der Waals surface area contributed by atoms with Gasteiger partial charge in [0.05, 0.1) is 12.8 Å². The van der Waals surface area contributed by atoms with Gasteiger partial charge in [0.15, 0.2) is 0 Å². The van der Waals surface area contributed by atoms with Gasteiger partial charge in [-0.05, 0) is 42.7 Å².